The number of nitriles is 1. The van der Waals surface area contributed by atoms with E-state index in [1.54, 1.807) is 6.07 Å². The molecule has 2 heteroatoms. The van der Waals surface area contributed by atoms with Gasteiger partial charge in [0.05, 0.1) is 6.07 Å². The van der Waals surface area contributed by atoms with E-state index < -0.39 is 0 Å². The van der Waals surface area contributed by atoms with Crippen molar-refractivity contribution in [3.63, 3.8) is 0 Å². The average Bonchev–Trinajstić information content (AvgIpc) is 1.37. The molecule has 5 heavy (non-hydrogen) atoms. The second-order valence-electron chi connectivity index (χ2n) is 0.333. The fraction of sp³-hybridized carbons (Fsp3) is 0. The average molecular weight is 149 g/mol. The van der Waals surface area contributed by atoms with Crippen LogP contribution in [0.25, 0.3) is 0 Å². The molecule has 26 valence electrons. The molecule has 0 aliphatic rings. The van der Waals surface area contributed by atoms with E-state index in [2.05, 4.69) is 6.58 Å². The van der Waals surface area contributed by atoms with Gasteiger partial charge in [-0.3, -0.25) is 0 Å². The minimum atomic E-state index is 0. The summed E-state index contributed by atoms with van der Waals surface area (Å²) in [5, 5.41) is 7.51. The zero-order chi connectivity index (χ0) is 3.41. The summed E-state index contributed by atoms with van der Waals surface area (Å²) in [6.07, 6.45) is 1.18. The van der Waals surface area contributed by atoms with E-state index >= 15 is 0 Å². The van der Waals surface area contributed by atoms with E-state index in [4.69, 9.17) is 5.26 Å². The quantitative estimate of drug-likeness (QED) is 0.367. The minimum absolute atomic E-state index is 0. The standard InChI is InChI=1S/C3H3N.Mo/c1-2-3-4;/h2H,1H2;. The van der Waals surface area contributed by atoms with Crippen LogP contribution in [-0.4, -0.2) is 0 Å². The Labute approximate surface area is 45.6 Å². The topological polar surface area (TPSA) is 23.8 Å². The fourth-order valence-electron chi connectivity index (χ4n) is 0. The SMILES string of the molecule is C=CC#N.[Mo]. The van der Waals surface area contributed by atoms with Gasteiger partial charge in [0.25, 0.3) is 0 Å². The van der Waals surface area contributed by atoms with Crippen molar-refractivity contribution in [2.24, 2.45) is 0 Å². The predicted octanol–water partition coefficient (Wildman–Crippen LogP) is 0.693. The molecule has 0 aromatic carbocycles. The smallest absolute Gasteiger partial charge is 0.0905 e. The van der Waals surface area contributed by atoms with Crippen molar-refractivity contribution in [3.05, 3.63) is 12.7 Å². The first kappa shape index (κ1) is 8.87. The molecule has 0 amide bonds. The van der Waals surface area contributed by atoms with Gasteiger partial charge in [-0.15, -0.1) is 0 Å². The normalized spacial score (nSPS) is 3.00. The molecule has 0 saturated carbocycles. The van der Waals surface area contributed by atoms with E-state index in [-0.39, 0.29) is 21.1 Å². The molecular formula is C3H3MoN. The Bertz CT molecular complexity index is 52.4. The van der Waals surface area contributed by atoms with Gasteiger partial charge in [0.1, 0.15) is 0 Å². The molecule has 0 aromatic rings. The van der Waals surface area contributed by atoms with Crippen LogP contribution in [0.1, 0.15) is 0 Å². The van der Waals surface area contributed by atoms with E-state index in [0.29, 0.717) is 0 Å². The summed E-state index contributed by atoms with van der Waals surface area (Å²) in [7, 11) is 0. The monoisotopic (exact) mass is 151 g/mol. The summed E-state index contributed by atoms with van der Waals surface area (Å²) in [6.45, 7) is 3.12. The van der Waals surface area contributed by atoms with Crippen LogP contribution in [0.3, 0.4) is 0 Å². The number of allylic oxidation sites excluding steroid dienone is 1. The zero-order valence-electron chi connectivity index (χ0n) is 2.64. The van der Waals surface area contributed by atoms with E-state index in [1.165, 1.54) is 6.08 Å². The van der Waals surface area contributed by atoms with Gasteiger partial charge in [-0.25, -0.2) is 0 Å². The third kappa shape index (κ3) is 17.1. The molecule has 0 aliphatic carbocycles. The third-order valence-electron chi connectivity index (χ3n) is 0.0913. The summed E-state index contributed by atoms with van der Waals surface area (Å²) in [5.41, 5.74) is 0. The van der Waals surface area contributed by atoms with Gasteiger partial charge in [-0.1, -0.05) is 6.58 Å². The van der Waals surface area contributed by atoms with Crippen LogP contribution in [0.4, 0.5) is 0 Å². The Balaban J connectivity index is 0. The maximum absolute atomic E-state index is 7.51. The van der Waals surface area contributed by atoms with E-state index in [0.717, 1.165) is 0 Å². The summed E-state index contributed by atoms with van der Waals surface area (Å²) in [5.74, 6) is 0. The molecule has 0 rings (SSSR count). The van der Waals surface area contributed by atoms with E-state index in [9.17, 15) is 0 Å². The maximum Gasteiger partial charge on any atom is 0.0905 e. The summed E-state index contributed by atoms with van der Waals surface area (Å²) in [6, 6.07) is 1.69. The van der Waals surface area contributed by atoms with Crippen LogP contribution in [0, 0.1) is 11.3 Å². The molecule has 0 heterocycles. The van der Waals surface area contributed by atoms with Crippen LogP contribution in [-0.2, 0) is 21.1 Å². The zero-order valence-corrected chi connectivity index (χ0v) is 4.65. The molecule has 0 unspecified atom stereocenters. The predicted molar refractivity (Wildman–Crippen MR) is 15.8 cm³/mol. The fourth-order valence-corrected chi connectivity index (χ4v) is 0. The first-order chi connectivity index (χ1) is 1.91. The van der Waals surface area contributed by atoms with E-state index in [1.807, 2.05) is 0 Å². The Kier molecular flexibility index (Phi) is 16.1. The minimum Gasteiger partial charge on any atom is -0.193 e. The molecule has 0 atom stereocenters. The van der Waals surface area contributed by atoms with Crippen molar-refractivity contribution in [1.29, 1.82) is 5.26 Å². The van der Waals surface area contributed by atoms with Crippen LogP contribution in [0.15, 0.2) is 12.7 Å². The Morgan fingerprint density at radius 1 is 1.80 bits per heavy atom. The van der Waals surface area contributed by atoms with Crippen molar-refractivity contribution in [1.82, 2.24) is 0 Å². The Morgan fingerprint density at radius 3 is 2.00 bits per heavy atom. The van der Waals surface area contributed by atoms with Crippen molar-refractivity contribution >= 4 is 0 Å². The number of hydrogen-bond donors (Lipinski definition) is 0. The number of rotatable bonds is 0. The number of nitrogens with zero attached hydrogens (tertiary/aromatic N) is 1. The molecule has 0 fully saturated rings. The van der Waals surface area contributed by atoms with Crippen LogP contribution >= 0.6 is 0 Å². The van der Waals surface area contributed by atoms with Gasteiger partial charge < -0.3 is 0 Å². The van der Waals surface area contributed by atoms with Gasteiger partial charge >= 0.3 is 0 Å². The molecule has 0 bridgehead atoms. The first-order valence-electron chi connectivity index (χ1n) is 0.921. The van der Waals surface area contributed by atoms with Crippen molar-refractivity contribution in [2.45, 2.75) is 0 Å². The summed E-state index contributed by atoms with van der Waals surface area (Å²) in [4.78, 5) is 0. The summed E-state index contributed by atoms with van der Waals surface area (Å²) >= 11 is 0. The number of hydrogen-bond acceptors (Lipinski definition) is 1. The van der Waals surface area contributed by atoms with Gasteiger partial charge in [0, 0.05) is 27.1 Å². The van der Waals surface area contributed by atoms with Crippen molar-refractivity contribution < 1.29 is 21.1 Å². The second-order valence-corrected chi connectivity index (χ2v) is 0.333. The van der Waals surface area contributed by atoms with Crippen LogP contribution < -0.4 is 0 Å². The van der Waals surface area contributed by atoms with Gasteiger partial charge in [-0.05, 0) is 0 Å². The maximum atomic E-state index is 7.51. The van der Waals surface area contributed by atoms with Gasteiger partial charge in [-0.2, -0.15) is 5.26 Å². The molecule has 0 aliphatic heterocycles. The summed E-state index contributed by atoms with van der Waals surface area (Å²) < 4.78 is 0. The molecule has 1 nitrogen and oxygen atoms in total. The third-order valence-corrected chi connectivity index (χ3v) is 0.0913. The van der Waals surface area contributed by atoms with Crippen LogP contribution in [0.2, 0.25) is 0 Å². The van der Waals surface area contributed by atoms with Gasteiger partial charge in [0.2, 0.25) is 0 Å². The molecule has 0 saturated heterocycles. The second kappa shape index (κ2) is 9.07. The molecule has 0 spiro atoms. The largest absolute Gasteiger partial charge is 0.193 e. The van der Waals surface area contributed by atoms with Crippen molar-refractivity contribution in [3.8, 4) is 6.07 Å². The molecule has 0 N–H and O–H groups in total. The first-order valence-corrected chi connectivity index (χ1v) is 0.921. The molecule has 0 radical (unpaired) electrons. The Morgan fingerprint density at radius 2 is 2.00 bits per heavy atom. The molecular weight excluding hydrogens is 146 g/mol. The van der Waals surface area contributed by atoms with Gasteiger partial charge in [0.15, 0.2) is 0 Å². The van der Waals surface area contributed by atoms with Crippen molar-refractivity contribution in [2.75, 3.05) is 0 Å². The Hall–Kier alpha value is -0.0817. The molecule has 0 aromatic heterocycles. The van der Waals surface area contributed by atoms with Crippen LogP contribution in [0.5, 0.6) is 0 Å².